The standard InChI is InChI=1S/C15H18N2O/c1-2-18-15-8-6-7-14-13(15)9-12-17(14)11-5-3-4-10-16/h6-9,12H,2-5,11H2,1H3. The summed E-state index contributed by atoms with van der Waals surface area (Å²) in [5.74, 6) is 0.950. The van der Waals surface area contributed by atoms with Crippen LogP contribution in [0, 0.1) is 11.3 Å². The molecule has 0 atom stereocenters. The molecule has 0 aliphatic heterocycles. The van der Waals surface area contributed by atoms with Crippen LogP contribution in [-0.4, -0.2) is 11.2 Å². The average Bonchev–Trinajstić information content (AvgIpc) is 2.80. The number of aryl methyl sites for hydroxylation is 1. The minimum atomic E-state index is 0.642. The lowest BCUT2D eigenvalue weighted by molar-refractivity contribution is 0.344. The van der Waals surface area contributed by atoms with E-state index in [1.165, 1.54) is 10.9 Å². The van der Waals surface area contributed by atoms with Gasteiger partial charge in [-0.2, -0.15) is 5.26 Å². The van der Waals surface area contributed by atoms with E-state index in [0.717, 1.165) is 25.1 Å². The summed E-state index contributed by atoms with van der Waals surface area (Å²) in [5, 5.41) is 9.68. The summed E-state index contributed by atoms with van der Waals surface area (Å²) < 4.78 is 7.85. The Kier molecular flexibility index (Phi) is 4.25. The highest BCUT2D eigenvalue weighted by Crippen LogP contribution is 2.26. The van der Waals surface area contributed by atoms with Crippen molar-refractivity contribution in [3.63, 3.8) is 0 Å². The van der Waals surface area contributed by atoms with Crippen LogP contribution in [0.2, 0.25) is 0 Å². The number of aromatic nitrogens is 1. The zero-order valence-electron chi connectivity index (χ0n) is 10.7. The van der Waals surface area contributed by atoms with Crippen LogP contribution in [0.3, 0.4) is 0 Å². The zero-order chi connectivity index (χ0) is 12.8. The second-order valence-corrected chi connectivity index (χ2v) is 4.25. The van der Waals surface area contributed by atoms with Gasteiger partial charge < -0.3 is 9.30 Å². The van der Waals surface area contributed by atoms with Gasteiger partial charge in [-0.15, -0.1) is 0 Å². The van der Waals surface area contributed by atoms with Crippen LogP contribution in [0.5, 0.6) is 5.75 Å². The van der Waals surface area contributed by atoms with Crippen molar-refractivity contribution < 1.29 is 4.74 Å². The molecule has 1 aromatic carbocycles. The number of rotatable bonds is 6. The van der Waals surface area contributed by atoms with Crippen molar-refractivity contribution in [3.05, 3.63) is 30.5 Å². The maximum Gasteiger partial charge on any atom is 0.128 e. The third-order valence-corrected chi connectivity index (χ3v) is 3.01. The SMILES string of the molecule is CCOc1cccc2c1ccn2CCCCC#N. The predicted molar refractivity (Wildman–Crippen MR) is 72.6 cm³/mol. The Hall–Kier alpha value is -1.95. The lowest BCUT2D eigenvalue weighted by atomic mass is 10.2. The van der Waals surface area contributed by atoms with E-state index in [1.54, 1.807) is 0 Å². The molecule has 0 N–H and O–H groups in total. The van der Waals surface area contributed by atoms with E-state index in [9.17, 15) is 0 Å². The van der Waals surface area contributed by atoms with E-state index < -0.39 is 0 Å². The maximum atomic E-state index is 8.52. The van der Waals surface area contributed by atoms with Crippen molar-refractivity contribution in [2.75, 3.05) is 6.61 Å². The van der Waals surface area contributed by atoms with Crippen LogP contribution in [0.15, 0.2) is 30.5 Å². The Bertz CT molecular complexity index is 551. The second kappa shape index (κ2) is 6.11. The fourth-order valence-corrected chi connectivity index (χ4v) is 2.16. The first-order valence-electron chi connectivity index (χ1n) is 6.44. The summed E-state index contributed by atoms with van der Waals surface area (Å²) in [6.45, 7) is 3.64. The molecule has 0 bridgehead atoms. The summed E-state index contributed by atoms with van der Waals surface area (Å²) in [4.78, 5) is 0. The lowest BCUT2D eigenvalue weighted by Gasteiger charge is -2.07. The first-order chi connectivity index (χ1) is 8.86. The summed E-state index contributed by atoms with van der Waals surface area (Å²) in [6, 6.07) is 10.4. The van der Waals surface area contributed by atoms with Crippen LogP contribution in [-0.2, 0) is 6.54 Å². The Morgan fingerprint density at radius 2 is 2.17 bits per heavy atom. The first kappa shape index (κ1) is 12.5. The maximum absolute atomic E-state index is 8.52. The molecular weight excluding hydrogens is 224 g/mol. The summed E-state index contributed by atoms with van der Waals surface area (Å²) in [7, 11) is 0. The molecule has 0 saturated carbocycles. The van der Waals surface area contributed by atoms with Gasteiger partial charge in [0.2, 0.25) is 0 Å². The molecule has 0 spiro atoms. The molecule has 0 unspecified atom stereocenters. The molecular formula is C15H18N2O. The molecule has 3 heteroatoms. The van der Waals surface area contributed by atoms with Crippen LogP contribution < -0.4 is 4.74 Å². The van der Waals surface area contributed by atoms with Crippen molar-refractivity contribution in [2.24, 2.45) is 0 Å². The highest BCUT2D eigenvalue weighted by molar-refractivity contribution is 5.86. The third-order valence-electron chi connectivity index (χ3n) is 3.01. The fraction of sp³-hybridized carbons (Fsp3) is 0.400. The molecule has 3 nitrogen and oxygen atoms in total. The molecule has 0 aliphatic rings. The summed E-state index contributed by atoms with van der Waals surface area (Å²) in [5.41, 5.74) is 1.21. The lowest BCUT2D eigenvalue weighted by Crippen LogP contribution is -1.96. The molecule has 0 amide bonds. The molecule has 2 aromatic rings. The van der Waals surface area contributed by atoms with Crippen molar-refractivity contribution in [3.8, 4) is 11.8 Å². The molecule has 18 heavy (non-hydrogen) atoms. The monoisotopic (exact) mass is 242 g/mol. The van der Waals surface area contributed by atoms with Crippen molar-refractivity contribution in [1.29, 1.82) is 5.26 Å². The molecule has 1 aromatic heterocycles. The van der Waals surface area contributed by atoms with E-state index in [1.807, 2.05) is 19.1 Å². The van der Waals surface area contributed by atoms with Crippen LogP contribution >= 0.6 is 0 Å². The minimum Gasteiger partial charge on any atom is -0.493 e. The first-order valence-corrected chi connectivity index (χ1v) is 6.44. The van der Waals surface area contributed by atoms with Crippen LogP contribution in [0.1, 0.15) is 26.2 Å². The number of nitriles is 1. The van der Waals surface area contributed by atoms with Gasteiger partial charge in [0.1, 0.15) is 5.75 Å². The second-order valence-electron chi connectivity index (χ2n) is 4.25. The third kappa shape index (κ3) is 2.65. The summed E-state index contributed by atoms with van der Waals surface area (Å²) in [6.07, 6.45) is 4.74. The molecule has 0 fully saturated rings. The molecule has 94 valence electrons. The molecule has 2 rings (SSSR count). The zero-order valence-corrected chi connectivity index (χ0v) is 10.7. The largest absolute Gasteiger partial charge is 0.493 e. The van der Waals surface area contributed by atoms with Crippen LogP contribution in [0.4, 0.5) is 0 Å². The highest BCUT2D eigenvalue weighted by Gasteiger charge is 2.05. The van der Waals surface area contributed by atoms with E-state index in [4.69, 9.17) is 10.00 Å². The molecule has 0 aliphatic carbocycles. The van der Waals surface area contributed by atoms with E-state index in [-0.39, 0.29) is 0 Å². The summed E-state index contributed by atoms with van der Waals surface area (Å²) >= 11 is 0. The van der Waals surface area contributed by atoms with Gasteiger partial charge in [0.25, 0.3) is 0 Å². The van der Waals surface area contributed by atoms with Gasteiger partial charge in [0.05, 0.1) is 18.2 Å². The van der Waals surface area contributed by atoms with Gasteiger partial charge in [-0.1, -0.05) is 6.07 Å². The predicted octanol–water partition coefficient (Wildman–Crippen LogP) is 3.73. The topological polar surface area (TPSA) is 38.0 Å². The minimum absolute atomic E-state index is 0.642. The Labute approximate surface area is 108 Å². The normalized spacial score (nSPS) is 10.4. The van der Waals surface area contributed by atoms with Crippen molar-refractivity contribution in [2.45, 2.75) is 32.7 Å². The van der Waals surface area contributed by atoms with E-state index in [0.29, 0.717) is 13.0 Å². The van der Waals surface area contributed by atoms with Crippen molar-refractivity contribution >= 4 is 10.9 Å². The Morgan fingerprint density at radius 1 is 1.28 bits per heavy atom. The average molecular weight is 242 g/mol. The Balaban J connectivity index is 2.15. The number of fused-ring (bicyclic) bond motifs is 1. The quantitative estimate of drug-likeness (QED) is 0.724. The number of benzene rings is 1. The van der Waals surface area contributed by atoms with E-state index >= 15 is 0 Å². The van der Waals surface area contributed by atoms with Gasteiger partial charge >= 0.3 is 0 Å². The van der Waals surface area contributed by atoms with Gasteiger partial charge in [0.15, 0.2) is 0 Å². The highest BCUT2D eigenvalue weighted by atomic mass is 16.5. The number of hydrogen-bond donors (Lipinski definition) is 0. The van der Waals surface area contributed by atoms with Gasteiger partial charge in [-0.05, 0) is 38.0 Å². The van der Waals surface area contributed by atoms with Gasteiger partial charge in [0, 0.05) is 24.5 Å². The van der Waals surface area contributed by atoms with E-state index in [2.05, 4.69) is 29.0 Å². The molecule has 0 radical (unpaired) electrons. The van der Waals surface area contributed by atoms with Gasteiger partial charge in [-0.25, -0.2) is 0 Å². The Morgan fingerprint density at radius 3 is 2.94 bits per heavy atom. The van der Waals surface area contributed by atoms with Crippen LogP contribution in [0.25, 0.3) is 10.9 Å². The fourth-order valence-electron chi connectivity index (χ4n) is 2.16. The number of unbranched alkanes of at least 4 members (excludes halogenated alkanes) is 2. The smallest absolute Gasteiger partial charge is 0.128 e. The van der Waals surface area contributed by atoms with Crippen molar-refractivity contribution in [1.82, 2.24) is 4.57 Å². The van der Waals surface area contributed by atoms with Gasteiger partial charge in [-0.3, -0.25) is 0 Å². The number of ether oxygens (including phenoxy) is 1. The number of hydrogen-bond acceptors (Lipinski definition) is 2. The number of nitrogens with zero attached hydrogens (tertiary/aromatic N) is 2. The molecule has 0 saturated heterocycles. The molecule has 1 heterocycles.